The highest BCUT2D eigenvalue weighted by Gasteiger charge is 2.10. The van der Waals surface area contributed by atoms with Gasteiger partial charge in [0.05, 0.1) is 0 Å². The molecule has 0 spiro atoms. The summed E-state index contributed by atoms with van der Waals surface area (Å²) in [7, 11) is 0. The lowest BCUT2D eigenvalue weighted by atomic mass is 10.1. The Morgan fingerprint density at radius 1 is 1.20 bits per heavy atom. The Labute approximate surface area is 151 Å². The van der Waals surface area contributed by atoms with Gasteiger partial charge in [0.15, 0.2) is 10.7 Å². The molecule has 0 atom stereocenters. The van der Waals surface area contributed by atoms with Crippen LogP contribution >= 0.6 is 12.2 Å². The second-order valence-electron chi connectivity index (χ2n) is 6.17. The Kier molecular flexibility index (Phi) is 5.09. The zero-order chi connectivity index (χ0) is 17.8. The van der Waals surface area contributed by atoms with E-state index in [0.717, 1.165) is 22.4 Å². The molecule has 5 nitrogen and oxygen atoms in total. The number of anilines is 1. The molecule has 0 radical (unpaired) electrons. The average Bonchev–Trinajstić information content (AvgIpc) is 2.98. The minimum absolute atomic E-state index is 0.0948. The Hall–Kier alpha value is -2.73. The van der Waals surface area contributed by atoms with Crippen LogP contribution in [0.25, 0.3) is 22.6 Å². The SMILES string of the molecule is CC(C)CC(=O)NC(=S)Nc1cccc(-c2nc3ccccc3o2)c1. The summed E-state index contributed by atoms with van der Waals surface area (Å²) in [5.41, 5.74) is 3.15. The zero-order valence-corrected chi connectivity index (χ0v) is 14.9. The topological polar surface area (TPSA) is 67.2 Å². The predicted molar refractivity (Wildman–Crippen MR) is 103 cm³/mol. The van der Waals surface area contributed by atoms with E-state index < -0.39 is 0 Å². The van der Waals surface area contributed by atoms with Gasteiger partial charge in [-0.25, -0.2) is 4.98 Å². The van der Waals surface area contributed by atoms with Crippen LogP contribution in [-0.2, 0) is 4.79 Å². The highest BCUT2D eigenvalue weighted by atomic mass is 32.1. The first-order valence-corrected chi connectivity index (χ1v) is 8.49. The lowest BCUT2D eigenvalue weighted by Gasteiger charge is -2.11. The molecule has 0 fully saturated rings. The van der Waals surface area contributed by atoms with E-state index in [2.05, 4.69) is 15.6 Å². The van der Waals surface area contributed by atoms with E-state index in [-0.39, 0.29) is 16.9 Å². The molecule has 0 saturated carbocycles. The van der Waals surface area contributed by atoms with Crippen molar-refractivity contribution in [1.82, 2.24) is 10.3 Å². The number of benzene rings is 2. The Balaban J connectivity index is 1.73. The van der Waals surface area contributed by atoms with E-state index in [1.54, 1.807) is 0 Å². The molecule has 6 heteroatoms. The van der Waals surface area contributed by atoms with Gasteiger partial charge in [0, 0.05) is 17.7 Å². The quantitative estimate of drug-likeness (QED) is 0.683. The molecule has 0 bridgehead atoms. The number of oxazole rings is 1. The fourth-order valence-corrected chi connectivity index (χ4v) is 2.67. The molecule has 1 heterocycles. The third-order valence-electron chi connectivity index (χ3n) is 3.51. The fourth-order valence-electron chi connectivity index (χ4n) is 2.44. The van der Waals surface area contributed by atoms with E-state index in [1.807, 2.05) is 62.4 Å². The molecule has 0 aliphatic carbocycles. The summed E-state index contributed by atoms with van der Waals surface area (Å²) in [5, 5.41) is 5.98. The number of aromatic nitrogens is 1. The van der Waals surface area contributed by atoms with Crippen LogP contribution in [0.5, 0.6) is 0 Å². The van der Waals surface area contributed by atoms with Gasteiger partial charge >= 0.3 is 0 Å². The number of para-hydroxylation sites is 2. The second kappa shape index (κ2) is 7.44. The molecular formula is C19H19N3O2S. The van der Waals surface area contributed by atoms with Gasteiger partial charge in [0.2, 0.25) is 11.8 Å². The maximum Gasteiger partial charge on any atom is 0.227 e. The standard InChI is InChI=1S/C19H19N3O2S/c1-12(2)10-17(23)22-19(25)20-14-7-5-6-13(11-14)18-21-15-8-3-4-9-16(15)24-18/h3-9,11-12H,10H2,1-2H3,(H2,20,22,23,25). The van der Waals surface area contributed by atoms with Crippen molar-refractivity contribution in [2.24, 2.45) is 5.92 Å². The number of nitrogens with one attached hydrogen (secondary N) is 2. The summed E-state index contributed by atoms with van der Waals surface area (Å²) in [4.78, 5) is 16.3. The number of hydrogen-bond acceptors (Lipinski definition) is 4. The first kappa shape index (κ1) is 17.1. The number of carbonyl (C=O) groups excluding carboxylic acids is 1. The summed E-state index contributed by atoms with van der Waals surface area (Å²) in [5.74, 6) is 0.729. The lowest BCUT2D eigenvalue weighted by Crippen LogP contribution is -2.34. The summed E-state index contributed by atoms with van der Waals surface area (Å²) in [6, 6.07) is 15.2. The highest BCUT2D eigenvalue weighted by molar-refractivity contribution is 7.80. The molecule has 25 heavy (non-hydrogen) atoms. The molecule has 3 rings (SSSR count). The first-order chi connectivity index (χ1) is 12.0. The molecule has 2 aromatic carbocycles. The molecular weight excluding hydrogens is 334 g/mol. The van der Waals surface area contributed by atoms with Crippen molar-refractivity contribution in [3.63, 3.8) is 0 Å². The zero-order valence-electron chi connectivity index (χ0n) is 14.1. The third kappa shape index (κ3) is 4.42. The third-order valence-corrected chi connectivity index (χ3v) is 3.71. The van der Waals surface area contributed by atoms with Crippen LogP contribution in [0, 0.1) is 5.92 Å². The van der Waals surface area contributed by atoms with Gasteiger partial charge < -0.3 is 15.1 Å². The van der Waals surface area contributed by atoms with Crippen LogP contribution in [0.3, 0.4) is 0 Å². The van der Waals surface area contributed by atoms with Gasteiger partial charge in [-0.2, -0.15) is 0 Å². The highest BCUT2D eigenvalue weighted by Crippen LogP contribution is 2.25. The normalized spacial score (nSPS) is 10.8. The number of carbonyl (C=O) groups is 1. The minimum Gasteiger partial charge on any atom is -0.436 e. The number of fused-ring (bicyclic) bond motifs is 1. The second-order valence-corrected chi connectivity index (χ2v) is 6.58. The maximum atomic E-state index is 11.8. The van der Waals surface area contributed by atoms with E-state index in [4.69, 9.17) is 16.6 Å². The first-order valence-electron chi connectivity index (χ1n) is 8.08. The summed E-state index contributed by atoms with van der Waals surface area (Å²) >= 11 is 5.20. The molecule has 2 N–H and O–H groups in total. The smallest absolute Gasteiger partial charge is 0.227 e. The number of rotatable bonds is 4. The van der Waals surface area contributed by atoms with Gasteiger partial charge in [-0.05, 0) is 48.5 Å². The molecule has 0 unspecified atom stereocenters. The summed E-state index contributed by atoms with van der Waals surface area (Å²) < 4.78 is 5.78. The van der Waals surface area contributed by atoms with Crippen molar-refractivity contribution in [2.45, 2.75) is 20.3 Å². The molecule has 0 aliphatic rings. The van der Waals surface area contributed by atoms with Crippen molar-refractivity contribution in [3.05, 3.63) is 48.5 Å². The van der Waals surface area contributed by atoms with Crippen LogP contribution < -0.4 is 10.6 Å². The Bertz CT molecular complexity index is 885. The van der Waals surface area contributed by atoms with Crippen molar-refractivity contribution >= 4 is 40.0 Å². The van der Waals surface area contributed by atoms with Crippen molar-refractivity contribution < 1.29 is 9.21 Å². The van der Waals surface area contributed by atoms with Crippen LogP contribution in [0.4, 0.5) is 5.69 Å². The van der Waals surface area contributed by atoms with Gasteiger partial charge in [-0.1, -0.05) is 32.0 Å². The number of thiocarbonyl (C=S) groups is 1. The van der Waals surface area contributed by atoms with Gasteiger partial charge in [0.25, 0.3) is 0 Å². The van der Waals surface area contributed by atoms with E-state index in [0.29, 0.717) is 12.3 Å². The van der Waals surface area contributed by atoms with Crippen molar-refractivity contribution in [2.75, 3.05) is 5.32 Å². The van der Waals surface area contributed by atoms with Crippen LogP contribution in [-0.4, -0.2) is 16.0 Å². The van der Waals surface area contributed by atoms with Crippen molar-refractivity contribution in [3.8, 4) is 11.5 Å². The van der Waals surface area contributed by atoms with Gasteiger partial charge in [0.1, 0.15) is 5.52 Å². The molecule has 0 saturated heterocycles. The summed E-state index contributed by atoms with van der Waals surface area (Å²) in [6.07, 6.45) is 0.435. The number of hydrogen-bond donors (Lipinski definition) is 2. The number of amides is 1. The summed E-state index contributed by atoms with van der Waals surface area (Å²) in [6.45, 7) is 3.97. The molecule has 128 valence electrons. The van der Waals surface area contributed by atoms with Crippen LogP contribution in [0.1, 0.15) is 20.3 Å². The van der Waals surface area contributed by atoms with E-state index in [9.17, 15) is 4.79 Å². The monoisotopic (exact) mass is 353 g/mol. The van der Waals surface area contributed by atoms with E-state index in [1.165, 1.54) is 0 Å². The Morgan fingerprint density at radius 2 is 2.00 bits per heavy atom. The molecule has 3 aromatic rings. The maximum absolute atomic E-state index is 11.8. The van der Waals surface area contributed by atoms with Crippen LogP contribution in [0.2, 0.25) is 0 Å². The molecule has 1 aromatic heterocycles. The molecule has 1 amide bonds. The van der Waals surface area contributed by atoms with Gasteiger partial charge in [-0.15, -0.1) is 0 Å². The van der Waals surface area contributed by atoms with Gasteiger partial charge in [-0.3, -0.25) is 4.79 Å². The Morgan fingerprint density at radius 3 is 2.76 bits per heavy atom. The number of nitrogens with zero attached hydrogens (tertiary/aromatic N) is 1. The van der Waals surface area contributed by atoms with E-state index >= 15 is 0 Å². The minimum atomic E-state index is -0.0948. The lowest BCUT2D eigenvalue weighted by molar-refractivity contribution is -0.120. The average molecular weight is 353 g/mol. The van der Waals surface area contributed by atoms with Crippen LogP contribution in [0.15, 0.2) is 52.9 Å². The largest absolute Gasteiger partial charge is 0.436 e. The predicted octanol–water partition coefficient (Wildman–Crippen LogP) is 4.35. The van der Waals surface area contributed by atoms with Crippen molar-refractivity contribution in [1.29, 1.82) is 0 Å². The molecule has 0 aliphatic heterocycles. The fraction of sp³-hybridized carbons (Fsp3) is 0.211.